The Morgan fingerprint density at radius 3 is 2.22 bits per heavy atom. The van der Waals surface area contributed by atoms with Gasteiger partial charge in [0.25, 0.3) is 0 Å². The number of carbonyl (C=O) groups excluding carboxylic acids is 2. The minimum Gasteiger partial charge on any atom is -0.326 e. The van der Waals surface area contributed by atoms with Crippen molar-refractivity contribution >= 4 is 29.8 Å². The lowest BCUT2D eigenvalue weighted by Crippen LogP contribution is -2.33. The highest BCUT2D eigenvalue weighted by molar-refractivity contribution is 6.00. The quantitative estimate of drug-likeness (QED) is 0.807. The minimum atomic E-state index is -0.188. The Morgan fingerprint density at radius 2 is 1.78 bits per heavy atom. The number of carbonyl (C=O) groups is 2. The van der Waals surface area contributed by atoms with E-state index in [0.717, 1.165) is 6.54 Å². The molecule has 1 unspecified atom stereocenters. The fraction of sp³-hybridized carbons (Fsp3) is 0.385. The maximum absolute atomic E-state index is 11.9. The fourth-order valence-electron chi connectivity index (χ4n) is 1.57. The summed E-state index contributed by atoms with van der Waals surface area (Å²) in [6.07, 6.45) is 0. The third kappa shape index (κ3) is 4.85. The Labute approximate surface area is 114 Å². The molecule has 0 aliphatic carbocycles. The molecule has 0 bridgehead atoms. The molecule has 0 fully saturated rings. The molecule has 0 saturated carbocycles. The monoisotopic (exact) mass is 270 g/mol. The van der Waals surface area contributed by atoms with E-state index in [-0.39, 0.29) is 30.1 Å². The topological polar surface area (TPSA) is 58.2 Å². The van der Waals surface area contributed by atoms with Crippen molar-refractivity contribution in [1.29, 1.82) is 0 Å². The third-order valence-electron chi connectivity index (χ3n) is 2.39. The van der Waals surface area contributed by atoms with Crippen molar-refractivity contribution in [3.05, 3.63) is 29.8 Å². The van der Waals surface area contributed by atoms with Gasteiger partial charge in [0.05, 0.1) is 6.04 Å². The lowest BCUT2D eigenvalue weighted by molar-refractivity contribution is -0.114. The molecule has 0 saturated heterocycles. The largest absolute Gasteiger partial charge is 0.326 e. The van der Waals surface area contributed by atoms with Crippen LogP contribution in [0.3, 0.4) is 0 Å². The summed E-state index contributed by atoms with van der Waals surface area (Å²) < 4.78 is 0. The molecule has 0 radical (unpaired) electrons. The van der Waals surface area contributed by atoms with Crippen molar-refractivity contribution in [2.24, 2.45) is 0 Å². The minimum absolute atomic E-state index is 0. The van der Waals surface area contributed by atoms with Crippen LogP contribution in [0.1, 0.15) is 31.1 Å². The second-order valence-electron chi connectivity index (χ2n) is 3.90. The molecule has 0 aliphatic heterocycles. The lowest BCUT2D eigenvalue weighted by atomic mass is 10.1. The van der Waals surface area contributed by atoms with Crippen molar-refractivity contribution in [2.75, 3.05) is 11.9 Å². The first-order valence-electron chi connectivity index (χ1n) is 5.69. The summed E-state index contributed by atoms with van der Waals surface area (Å²) in [6.45, 7) is 6.01. The standard InChI is InChI=1S/C13H18N2O2.ClH/c1-4-14-9(2)13(17)11-5-7-12(8-6-11)15-10(3)16;/h5-9,14H,4H2,1-3H3,(H,15,16);1H. The molecule has 1 amide bonds. The number of hydrogen-bond donors (Lipinski definition) is 2. The van der Waals surface area contributed by atoms with Crippen LogP contribution in [0, 0.1) is 0 Å². The molecule has 0 aromatic heterocycles. The van der Waals surface area contributed by atoms with Crippen molar-refractivity contribution in [3.63, 3.8) is 0 Å². The molecular weight excluding hydrogens is 252 g/mol. The number of ketones is 1. The smallest absolute Gasteiger partial charge is 0.221 e. The SMILES string of the molecule is CCNC(C)C(=O)c1ccc(NC(C)=O)cc1.Cl. The number of anilines is 1. The first-order chi connectivity index (χ1) is 8.04. The van der Waals surface area contributed by atoms with Gasteiger partial charge < -0.3 is 10.6 Å². The first kappa shape index (κ1) is 16.6. The number of hydrogen-bond acceptors (Lipinski definition) is 3. The molecule has 1 aromatic rings. The molecule has 2 N–H and O–H groups in total. The van der Waals surface area contributed by atoms with Crippen LogP contribution in [-0.4, -0.2) is 24.3 Å². The van der Waals surface area contributed by atoms with E-state index >= 15 is 0 Å². The van der Waals surface area contributed by atoms with Gasteiger partial charge in [-0.15, -0.1) is 12.4 Å². The predicted octanol–water partition coefficient (Wildman–Crippen LogP) is 2.25. The number of halogens is 1. The van der Waals surface area contributed by atoms with Crippen LogP contribution in [-0.2, 0) is 4.79 Å². The summed E-state index contributed by atoms with van der Waals surface area (Å²) in [6, 6.07) is 6.72. The second-order valence-corrected chi connectivity index (χ2v) is 3.90. The molecule has 5 heteroatoms. The zero-order chi connectivity index (χ0) is 12.8. The number of rotatable bonds is 5. The van der Waals surface area contributed by atoms with Gasteiger partial charge in [-0.3, -0.25) is 9.59 Å². The van der Waals surface area contributed by atoms with Crippen molar-refractivity contribution in [2.45, 2.75) is 26.8 Å². The van der Waals surface area contributed by atoms with E-state index in [0.29, 0.717) is 11.3 Å². The number of amides is 1. The van der Waals surface area contributed by atoms with Gasteiger partial charge in [0.15, 0.2) is 5.78 Å². The molecule has 1 aromatic carbocycles. The maximum atomic E-state index is 11.9. The average molecular weight is 271 g/mol. The van der Waals surface area contributed by atoms with Crippen LogP contribution in [0.25, 0.3) is 0 Å². The van der Waals surface area contributed by atoms with Crippen molar-refractivity contribution < 1.29 is 9.59 Å². The van der Waals surface area contributed by atoms with Gasteiger partial charge in [0.1, 0.15) is 0 Å². The van der Waals surface area contributed by atoms with Crippen LogP contribution in [0.2, 0.25) is 0 Å². The van der Waals surface area contributed by atoms with Gasteiger partial charge in [0, 0.05) is 18.2 Å². The molecule has 4 nitrogen and oxygen atoms in total. The van der Waals surface area contributed by atoms with E-state index in [1.165, 1.54) is 6.92 Å². The average Bonchev–Trinajstić information content (AvgIpc) is 2.28. The van der Waals surface area contributed by atoms with E-state index < -0.39 is 0 Å². The van der Waals surface area contributed by atoms with Gasteiger partial charge in [-0.2, -0.15) is 0 Å². The summed E-state index contributed by atoms with van der Waals surface area (Å²) in [5, 5.41) is 5.73. The number of Topliss-reactive ketones (excluding diaryl/α,β-unsaturated/α-hetero) is 1. The molecule has 0 spiro atoms. The van der Waals surface area contributed by atoms with Gasteiger partial charge >= 0.3 is 0 Å². The highest BCUT2D eigenvalue weighted by Gasteiger charge is 2.13. The summed E-state index contributed by atoms with van der Waals surface area (Å²) in [5.74, 6) is -0.0636. The summed E-state index contributed by atoms with van der Waals surface area (Å²) in [7, 11) is 0. The Kier molecular flexibility index (Phi) is 7.24. The van der Waals surface area contributed by atoms with Crippen LogP contribution in [0.4, 0.5) is 5.69 Å². The molecular formula is C13H19ClN2O2. The van der Waals surface area contributed by atoms with E-state index in [1.807, 2.05) is 13.8 Å². The Balaban J connectivity index is 0.00000289. The molecule has 18 heavy (non-hydrogen) atoms. The van der Waals surface area contributed by atoms with Crippen LogP contribution < -0.4 is 10.6 Å². The Morgan fingerprint density at radius 1 is 1.22 bits per heavy atom. The Bertz CT molecular complexity index is 404. The van der Waals surface area contributed by atoms with Crippen LogP contribution >= 0.6 is 12.4 Å². The van der Waals surface area contributed by atoms with Gasteiger partial charge in [-0.05, 0) is 37.7 Å². The van der Waals surface area contributed by atoms with E-state index in [1.54, 1.807) is 24.3 Å². The third-order valence-corrected chi connectivity index (χ3v) is 2.39. The number of benzene rings is 1. The molecule has 1 atom stereocenters. The highest BCUT2D eigenvalue weighted by atomic mass is 35.5. The zero-order valence-corrected chi connectivity index (χ0v) is 11.6. The van der Waals surface area contributed by atoms with E-state index in [4.69, 9.17) is 0 Å². The van der Waals surface area contributed by atoms with Crippen LogP contribution in [0.5, 0.6) is 0 Å². The van der Waals surface area contributed by atoms with E-state index in [2.05, 4.69) is 10.6 Å². The zero-order valence-electron chi connectivity index (χ0n) is 10.8. The molecule has 0 heterocycles. The van der Waals surface area contributed by atoms with Crippen LogP contribution in [0.15, 0.2) is 24.3 Å². The van der Waals surface area contributed by atoms with Gasteiger partial charge in [0.2, 0.25) is 5.91 Å². The lowest BCUT2D eigenvalue weighted by Gasteiger charge is -2.11. The number of nitrogens with one attached hydrogen (secondary N) is 2. The van der Waals surface area contributed by atoms with Gasteiger partial charge in [-0.1, -0.05) is 6.92 Å². The number of likely N-dealkylation sites (N-methyl/N-ethyl adjacent to an activating group) is 1. The van der Waals surface area contributed by atoms with E-state index in [9.17, 15) is 9.59 Å². The summed E-state index contributed by atoms with van der Waals surface area (Å²) in [4.78, 5) is 22.8. The Hall–Kier alpha value is -1.39. The van der Waals surface area contributed by atoms with Crippen molar-refractivity contribution in [1.82, 2.24) is 5.32 Å². The summed E-state index contributed by atoms with van der Waals surface area (Å²) in [5.41, 5.74) is 1.35. The fourth-order valence-corrected chi connectivity index (χ4v) is 1.57. The molecule has 0 aliphatic rings. The van der Waals surface area contributed by atoms with Crippen molar-refractivity contribution in [3.8, 4) is 0 Å². The molecule has 100 valence electrons. The first-order valence-corrected chi connectivity index (χ1v) is 5.69. The summed E-state index contributed by atoms with van der Waals surface area (Å²) >= 11 is 0. The predicted molar refractivity (Wildman–Crippen MR) is 75.5 cm³/mol. The highest BCUT2D eigenvalue weighted by Crippen LogP contribution is 2.11. The normalized spacial score (nSPS) is 11.3. The maximum Gasteiger partial charge on any atom is 0.221 e. The second kappa shape index (κ2) is 7.84. The molecule has 1 rings (SSSR count). The van der Waals surface area contributed by atoms with Gasteiger partial charge in [-0.25, -0.2) is 0 Å².